The first-order valence-corrected chi connectivity index (χ1v) is 4.39. The molecule has 13 heavy (non-hydrogen) atoms. The summed E-state index contributed by atoms with van der Waals surface area (Å²) >= 11 is 0. The van der Waals surface area contributed by atoms with E-state index < -0.39 is 0 Å². The van der Waals surface area contributed by atoms with Gasteiger partial charge in [-0.3, -0.25) is 9.78 Å². The largest absolute Gasteiger partial charge is 0.293 e. The zero-order valence-electron chi connectivity index (χ0n) is 8.59. The lowest BCUT2D eigenvalue weighted by Gasteiger charge is -2.20. The number of Topliss-reactive ketones (excluding diaryl/α,β-unsaturated/α-hetero) is 1. The van der Waals surface area contributed by atoms with Crippen molar-refractivity contribution in [3.05, 3.63) is 29.6 Å². The number of aromatic nitrogens is 1. The highest BCUT2D eigenvalue weighted by Crippen LogP contribution is 2.24. The van der Waals surface area contributed by atoms with Crippen LogP contribution in [-0.4, -0.2) is 10.8 Å². The third-order valence-corrected chi connectivity index (χ3v) is 1.95. The van der Waals surface area contributed by atoms with Gasteiger partial charge in [-0.2, -0.15) is 0 Å². The fourth-order valence-electron chi connectivity index (χ4n) is 1.29. The van der Waals surface area contributed by atoms with E-state index in [4.69, 9.17) is 0 Å². The number of pyridine rings is 1. The van der Waals surface area contributed by atoms with E-state index in [0.29, 0.717) is 5.69 Å². The second-order valence-electron chi connectivity index (χ2n) is 4.21. The standard InChI is InChI=1S/C11H15NO/c1-8(13)10-9(11(2,3)4)6-5-7-12-10/h5-7H,1-4H3. The van der Waals surface area contributed by atoms with Gasteiger partial charge in [0.2, 0.25) is 0 Å². The highest BCUT2D eigenvalue weighted by atomic mass is 16.1. The molecule has 0 saturated carbocycles. The molecule has 2 nitrogen and oxygen atoms in total. The van der Waals surface area contributed by atoms with Crippen LogP contribution in [0.3, 0.4) is 0 Å². The molecule has 0 amide bonds. The smallest absolute Gasteiger partial charge is 0.178 e. The molecule has 2 heteroatoms. The molecule has 0 aliphatic carbocycles. The lowest BCUT2D eigenvalue weighted by atomic mass is 9.85. The van der Waals surface area contributed by atoms with Crippen LogP contribution >= 0.6 is 0 Å². The van der Waals surface area contributed by atoms with Crippen LogP contribution in [0, 0.1) is 0 Å². The summed E-state index contributed by atoms with van der Waals surface area (Å²) in [5.74, 6) is 0.0329. The predicted octanol–water partition coefficient (Wildman–Crippen LogP) is 2.58. The lowest BCUT2D eigenvalue weighted by Crippen LogP contribution is -2.17. The van der Waals surface area contributed by atoms with Crippen LogP contribution in [0.5, 0.6) is 0 Å². The van der Waals surface area contributed by atoms with Crippen molar-refractivity contribution in [3.8, 4) is 0 Å². The van der Waals surface area contributed by atoms with Crippen LogP contribution < -0.4 is 0 Å². The summed E-state index contributed by atoms with van der Waals surface area (Å²) in [5, 5.41) is 0. The molecule has 0 aromatic carbocycles. The van der Waals surface area contributed by atoms with E-state index in [1.165, 1.54) is 0 Å². The summed E-state index contributed by atoms with van der Waals surface area (Å²) in [7, 11) is 0. The molecule has 1 rings (SSSR count). The Morgan fingerprint density at radius 3 is 2.38 bits per heavy atom. The Hall–Kier alpha value is -1.18. The normalized spacial score (nSPS) is 11.4. The van der Waals surface area contributed by atoms with E-state index in [0.717, 1.165) is 5.56 Å². The number of rotatable bonds is 1. The van der Waals surface area contributed by atoms with Crippen LogP contribution in [0.4, 0.5) is 0 Å². The van der Waals surface area contributed by atoms with E-state index in [-0.39, 0.29) is 11.2 Å². The van der Waals surface area contributed by atoms with Gasteiger partial charge in [0.1, 0.15) is 5.69 Å². The average molecular weight is 177 g/mol. The fraction of sp³-hybridized carbons (Fsp3) is 0.455. The summed E-state index contributed by atoms with van der Waals surface area (Å²) in [4.78, 5) is 15.3. The molecule has 0 bridgehead atoms. The first-order chi connectivity index (χ1) is 5.93. The minimum atomic E-state index is -0.0186. The summed E-state index contributed by atoms with van der Waals surface area (Å²) in [6.45, 7) is 7.79. The van der Waals surface area contributed by atoms with Crippen molar-refractivity contribution in [2.24, 2.45) is 0 Å². The second kappa shape index (κ2) is 3.29. The number of nitrogens with zero attached hydrogens (tertiary/aromatic N) is 1. The van der Waals surface area contributed by atoms with Crippen LogP contribution in [0.15, 0.2) is 18.3 Å². The molecule has 1 heterocycles. The van der Waals surface area contributed by atoms with Gasteiger partial charge in [0, 0.05) is 13.1 Å². The molecule has 0 N–H and O–H groups in total. The van der Waals surface area contributed by atoms with Gasteiger partial charge in [0.05, 0.1) is 0 Å². The predicted molar refractivity (Wildman–Crippen MR) is 52.9 cm³/mol. The summed E-state index contributed by atoms with van der Waals surface area (Å²) in [6.07, 6.45) is 1.66. The Balaban J connectivity index is 3.28. The highest BCUT2D eigenvalue weighted by molar-refractivity contribution is 5.93. The topological polar surface area (TPSA) is 30.0 Å². The molecular formula is C11H15NO. The van der Waals surface area contributed by atoms with Crippen LogP contribution in [0.1, 0.15) is 43.7 Å². The van der Waals surface area contributed by atoms with Crippen molar-refractivity contribution in [2.45, 2.75) is 33.1 Å². The van der Waals surface area contributed by atoms with Crippen molar-refractivity contribution < 1.29 is 4.79 Å². The van der Waals surface area contributed by atoms with Crippen molar-refractivity contribution >= 4 is 5.78 Å². The minimum Gasteiger partial charge on any atom is -0.293 e. The molecule has 0 spiro atoms. The molecule has 1 aromatic heterocycles. The molecule has 0 atom stereocenters. The molecule has 1 aromatic rings. The summed E-state index contributed by atoms with van der Waals surface area (Å²) < 4.78 is 0. The maximum Gasteiger partial charge on any atom is 0.178 e. The minimum absolute atomic E-state index is 0.0186. The summed E-state index contributed by atoms with van der Waals surface area (Å²) in [6, 6.07) is 3.83. The third kappa shape index (κ3) is 2.14. The van der Waals surface area contributed by atoms with Crippen LogP contribution in [-0.2, 0) is 5.41 Å². The van der Waals surface area contributed by atoms with Gasteiger partial charge in [0.25, 0.3) is 0 Å². The van der Waals surface area contributed by atoms with Crippen molar-refractivity contribution in [1.82, 2.24) is 4.98 Å². The van der Waals surface area contributed by atoms with Gasteiger partial charge < -0.3 is 0 Å². The molecule has 0 radical (unpaired) electrons. The number of ketones is 1. The van der Waals surface area contributed by atoms with Crippen molar-refractivity contribution in [3.63, 3.8) is 0 Å². The Morgan fingerprint density at radius 1 is 1.38 bits per heavy atom. The van der Waals surface area contributed by atoms with Gasteiger partial charge in [-0.1, -0.05) is 26.8 Å². The first-order valence-electron chi connectivity index (χ1n) is 4.39. The SMILES string of the molecule is CC(=O)c1ncccc1C(C)(C)C. The van der Waals surface area contributed by atoms with Gasteiger partial charge in [-0.05, 0) is 17.0 Å². The maximum atomic E-state index is 11.3. The Bertz CT molecular complexity index is 323. The molecule has 0 unspecified atom stereocenters. The molecule has 0 saturated heterocycles. The molecule has 0 aliphatic rings. The Labute approximate surface area is 79.0 Å². The van der Waals surface area contributed by atoms with E-state index in [1.54, 1.807) is 13.1 Å². The van der Waals surface area contributed by atoms with Crippen LogP contribution in [0.25, 0.3) is 0 Å². The molecule has 0 aliphatic heterocycles. The quantitative estimate of drug-likeness (QED) is 0.617. The summed E-state index contributed by atoms with van der Waals surface area (Å²) in [5.41, 5.74) is 1.59. The van der Waals surface area contributed by atoms with Gasteiger partial charge in [0.15, 0.2) is 5.78 Å². The molecule has 0 fully saturated rings. The maximum absolute atomic E-state index is 11.3. The zero-order chi connectivity index (χ0) is 10.1. The number of hydrogen-bond acceptors (Lipinski definition) is 2. The number of carbonyl (C=O) groups is 1. The van der Waals surface area contributed by atoms with Gasteiger partial charge >= 0.3 is 0 Å². The van der Waals surface area contributed by atoms with E-state index in [1.807, 2.05) is 12.1 Å². The average Bonchev–Trinajstić information content (AvgIpc) is 2.03. The Kier molecular flexibility index (Phi) is 2.50. The zero-order valence-corrected chi connectivity index (χ0v) is 8.59. The van der Waals surface area contributed by atoms with Crippen molar-refractivity contribution in [1.29, 1.82) is 0 Å². The highest BCUT2D eigenvalue weighted by Gasteiger charge is 2.20. The fourth-order valence-corrected chi connectivity index (χ4v) is 1.29. The molecule has 70 valence electrons. The second-order valence-corrected chi connectivity index (χ2v) is 4.21. The van der Waals surface area contributed by atoms with Crippen molar-refractivity contribution in [2.75, 3.05) is 0 Å². The van der Waals surface area contributed by atoms with Crippen LogP contribution in [0.2, 0.25) is 0 Å². The number of carbonyl (C=O) groups excluding carboxylic acids is 1. The van der Waals surface area contributed by atoms with Gasteiger partial charge in [-0.15, -0.1) is 0 Å². The molecular weight excluding hydrogens is 162 g/mol. The van der Waals surface area contributed by atoms with E-state index in [9.17, 15) is 4.79 Å². The lowest BCUT2D eigenvalue weighted by molar-refractivity contribution is 0.101. The van der Waals surface area contributed by atoms with Gasteiger partial charge in [-0.25, -0.2) is 0 Å². The van der Waals surface area contributed by atoms with E-state index >= 15 is 0 Å². The van der Waals surface area contributed by atoms with E-state index in [2.05, 4.69) is 25.8 Å². The Morgan fingerprint density at radius 2 is 2.00 bits per heavy atom. The number of hydrogen-bond donors (Lipinski definition) is 0. The monoisotopic (exact) mass is 177 g/mol. The first kappa shape index (κ1) is 9.90. The third-order valence-electron chi connectivity index (χ3n) is 1.95.